The highest BCUT2D eigenvalue weighted by Crippen LogP contribution is 2.46. The van der Waals surface area contributed by atoms with E-state index in [0.717, 1.165) is 5.69 Å². The first-order valence-electron chi connectivity index (χ1n) is 17.1. The van der Waals surface area contributed by atoms with Crippen molar-refractivity contribution < 1.29 is 32.6 Å². The SMILES string of the molecule is C=CCCC=NC(=O)[C@@H]1C[C@H](Oc2cc(-c3nc(C(C)C)cs3)nc3c(Cl)c(CO)ccc23)CN1C(=O)N[C@]1(C(=O)NS(=O)(=O)C2CC2)C[C@H]1C=C. The predicted octanol–water partition coefficient (Wildman–Crippen LogP) is 5.28. The molecule has 3 aromatic rings. The Morgan fingerprint density at radius 2 is 2.00 bits per heavy atom. The zero-order chi connectivity index (χ0) is 37.4. The van der Waals surface area contributed by atoms with Gasteiger partial charge >= 0.3 is 6.03 Å². The average molecular weight is 769 g/mol. The molecule has 2 aliphatic carbocycles. The molecular weight excluding hydrogens is 728 g/mol. The molecule has 1 saturated heterocycles. The van der Waals surface area contributed by atoms with Crippen LogP contribution in [0.25, 0.3) is 21.6 Å². The molecule has 0 bridgehead atoms. The van der Waals surface area contributed by atoms with Gasteiger partial charge in [-0.15, -0.1) is 24.5 Å². The molecule has 1 aliphatic heterocycles. The number of ether oxygens (including phenoxy) is 1. The van der Waals surface area contributed by atoms with Crippen LogP contribution < -0.4 is 14.8 Å². The molecule has 0 unspecified atom stereocenters. The van der Waals surface area contributed by atoms with E-state index >= 15 is 0 Å². The summed E-state index contributed by atoms with van der Waals surface area (Å²) in [4.78, 5) is 55.8. The minimum Gasteiger partial charge on any atom is -0.488 e. The number of hydrogen-bond acceptors (Lipinski definition) is 10. The summed E-state index contributed by atoms with van der Waals surface area (Å²) in [6, 6.07) is 3.37. The number of urea groups is 1. The van der Waals surface area contributed by atoms with E-state index < -0.39 is 56.7 Å². The molecule has 13 nitrogen and oxygen atoms in total. The second-order valence-electron chi connectivity index (χ2n) is 13.6. The quantitative estimate of drug-likeness (QED) is 0.112. The van der Waals surface area contributed by atoms with E-state index in [1.54, 1.807) is 24.3 Å². The number of rotatable bonds is 14. The van der Waals surface area contributed by atoms with Crippen LogP contribution in [0, 0.1) is 5.92 Å². The molecule has 3 aliphatic rings. The van der Waals surface area contributed by atoms with Gasteiger partial charge in [-0.25, -0.2) is 28.2 Å². The number of carbonyl (C=O) groups is 3. The van der Waals surface area contributed by atoms with Gasteiger partial charge in [0.1, 0.15) is 34.1 Å². The van der Waals surface area contributed by atoms with Crippen LogP contribution in [0.4, 0.5) is 4.79 Å². The Balaban J connectivity index is 1.31. The van der Waals surface area contributed by atoms with Gasteiger partial charge in [0.25, 0.3) is 11.8 Å². The molecular formula is C36H41ClN6O7S2. The number of pyridine rings is 1. The summed E-state index contributed by atoms with van der Waals surface area (Å²) < 4.78 is 34.0. The van der Waals surface area contributed by atoms with Crippen LogP contribution >= 0.6 is 22.9 Å². The molecule has 276 valence electrons. The van der Waals surface area contributed by atoms with Crippen LogP contribution in [0.5, 0.6) is 5.75 Å². The summed E-state index contributed by atoms with van der Waals surface area (Å²) in [7, 11) is -3.88. The molecule has 16 heteroatoms. The molecule has 6 rings (SSSR count). The van der Waals surface area contributed by atoms with Crippen LogP contribution in [0.15, 0.2) is 53.9 Å². The van der Waals surface area contributed by atoms with Gasteiger partial charge in [-0.2, -0.15) is 0 Å². The van der Waals surface area contributed by atoms with Gasteiger partial charge in [-0.1, -0.05) is 43.7 Å². The lowest BCUT2D eigenvalue weighted by molar-refractivity contribution is -0.122. The highest BCUT2D eigenvalue weighted by atomic mass is 35.5. The first-order valence-corrected chi connectivity index (χ1v) is 19.9. The summed E-state index contributed by atoms with van der Waals surface area (Å²) in [6.45, 7) is 11.2. The van der Waals surface area contributed by atoms with E-state index in [4.69, 9.17) is 26.3 Å². The zero-order valence-corrected chi connectivity index (χ0v) is 31.3. The molecule has 2 aromatic heterocycles. The van der Waals surface area contributed by atoms with E-state index in [2.05, 4.69) is 28.2 Å². The molecule has 0 spiro atoms. The number of likely N-dealkylation sites (tertiary alicyclic amines) is 1. The van der Waals surface area contributed by atoms with Gasteiger partial charge in [0, 0.05) is 35.4 Å². The number of aliphatic hydroxyl groups is 1. The van der Waals surface area contributed by atoms with Crippen LogP contribution in [-0.2, 0) is 26.2 Å². The van der Waals surface area contributed by atoms with E-state index in [-0.39, 0.29) is 36.9 Å². The largest absolute Gasteiger partial charge is 0.488 e. The molecule has 2 saturated carbocycles. The number of amides is 4. The summed E-state index contributed by atoms with van der Waals surface area (Å²) in [5.74, 6) is -1.34. The monoisotopic (exact) mass is 768 g/mol. The van der Waals surface area contributed by atoms with Crippen molar-refractivity contribution in [3.05, 3.63) is 65.2 Å². The van der Waals surface area contributed by atoms with Crippen molar-refractivity contribution in [3.8, 4) is 16.5 Å². The summed E-state index contributed by atoms with van der Waals surface area (Å²) in [5.41, 5.74) is 0.740. The van der Waals surface area contributed by atoms with E-state index in [9.17, 15) is 27.9 Å². The average Bonchev–Trinajstić information content (AvgIpc) is 4.00. The van der Waals surface area contributed by atoms with E-state index in [0.29, 0.717) is 58.6 Å². The molecule has 3 heterocycles. The van der Waals surface area contributed by atoms with E-state index in [1.165, 1.54) is 28.5 Å². The third kappa shape index (κ3) is 7.63. The lowest BCUT2D eigenvalue weighted by Gasteiger charge is -2.26. The normalized spacial score (nSPS) is 22.9. The second-order valence-corrected chi connectivity index (χ2v) is 16.8. The number of aliphatic imine (C=N–C) groups is 1. The highest BCUT2D eigenvalue weighted by Gasteiger charge is 2.62. The van der Waals surface area contributed by atoms with Gasteiger partial charge in [0.2, 0.25) is 10.0 Å². The number of nitrogens with one attached hydrogen (secondary N) is 2. The highest BCUT2D eigenvalue weighted by molar-refractivity contribution is 7.91. The fourth-order valence-electron chi connectivity index (χ4n) is 6.20. The van der Waals surface area contributed by atoms with E-state index in [1.807, 2.05) is 19.2 Å². The van der Waals surface area contributed by atoms with Crippen LogP contribution in [0.1, 0.15) is 69.5 Å². The summed E-state index contributed by atoms with van der Waals surface area (Å²) >= 11 is 8.15. The van der Waals surface area contributed by atoms with Crippen molar-refractivity contribution in [2.45, 2.75) is 87.8 Å². The van der Waals surface area contributed by atoms with Crippen molar-refractivity contribution in [1.29, 1.82) is 0 Å². The minimum atomic E-state index is -3.88. The number of aliphatic hydroxyl groups excluding tert-OH is 1. The van der Waals surface area contributed by atoms with Gasteiger partial charge < -0.3 is 20.1 Å². The van der Waals surface area contributed by atoms with Gasteiger partial charge in [-0.3, -0.25) is 14.3 Å². The van der Waals surface area contributed by atoms with Crippen molar-refractivity contribution in [3.63, 3.8) is 0 Å². The Hall–Kier alpha value is -4.18. The molecule has 3 fully saturated rings. The van der Waals surface area contributed by atoms with Crippen molar-refractivity contribution in [2.24, 2.45) is 10.9 Å². The van der Waals surface area contributed by atoms with Crippen molar-refractivity contribution in [1.82, 2.24) is 24.9 Å². The van der Waals surface area contributed by atoms with Gasteiger partial charge in [-0.05, 0) is 49.7 Å². The molecule has 4 atom stereocenters. The predicted molar refractivity (Wildman–Crippen MR) is 200 cm³/mol. The lowest BCUT2D eigenvalue weighted by atomic mass is 10.1. The van der Waals surface area contributed by atoms with Gasteiger partial charge in [0.15, 0.2) is 0 Å². The Morgan fingerprint density at radius 1 is 1.23 bits per heavy atom. The maximum Gasteiger partial charge on any atom is 0.319 e. The maximum absolute atomic E-state index is 14.0. The standard InChI is InChI=1S/C36H41ClN6O7S2/c1-5-7-8-13-38-32(45)28-14-23(17-43(28)35(47)41-36(16-22(36)6-2)34(46)42-52(48,49)24-10-11-24)50-29-15-26(33-40-27(19-51-33)20(3)4)39-31-25(29)12-9-21(18-44)30(31)37/h5-6,9,12-13,15,19-20,22-24,28,44H,1-2,7-8,10-11,14,16-18H2,3-4H3,(H,41,47)(H,42,46)/t22-,23+,28+,36-/m1/s1. The van der Waals surface area contributed by atoms with Crippen LogP contribution in [0.3, 0.4) is 0 Å². The smallest absolute Gasteiger partial charge is 0.319 e. The fraction of sp³-hybridized carbons (Fsp3) is 0.444. The number of nitrogens with zero attached hydrogens (tertiary/aromatic N) is 4. The number of hydrogen-bond donors (Lipinski definition) is 3. The first kappa shape index (κ1) is 37.6. The van der Waals surface area contributed by atoms with Crippen molar-refractivity contribution >= 4 is 67.9 Å². The molecule has 3 N–H and O–H groups in total. The maximum atomic E-state index is 14.0. The Labute approximate surface area is 311 Å². The third-order valence-electron chi connectivity index (χ3n) is 9.52. The number of sulfonamides is 1. The Kier molecular flexibility index (Phi) is 10.9. The van der Waals surface area contributed by atoms with Gasteiger partial charge in [0.05, 0.1) is 34.6 Å². The number of carbonyl (C=O) groups excluding carboxylic acids is 3. The summed E-state index contributed by atoms with van der Waals surface area (Å²) in [5, 5.41) is 15.4. The number of allylic oxidation sites excluding steroid dienone is 1. The van der Waals surface area contributed by atoms with Crippen molar-refractivity contribution in [2.75, 3.05) is 6.54 Å². The van der Waals surface area contributed by atoms with Crippen LogP contribution in [-0.4, -0.2) is 81.9 Å². The number of unbranched alkanes of at least 4 members (excludes halogenated alkanes) is 1. The molecule has 52 heavy (non-hydrogen) atoms. The third-order valence-corrected chi connectivity index (χ3v) is 12.6. The Morgan fingerprint density at radius 3 is 2.63 bits per heavy atom. The fourth-order valence-corrected chi connectivity index (χ4v) is 8.77. The molecule has 0 radical (unpaired) electrons. The zero-order valence-electron chi connectivity index (χ0n) is 28.9. The Bertz CT molecular complexity index is 2060. The summed E-state index contributed by atoms with van der Waals surface area (Å²) in [6.07, 6.45) is 6.20. The number of aromatic nitrogens is 2. The second kappa shape index (κ2) is 15.0. The number of fused-ring (bicyclic) bond motifs is 1. The number of thiazole rings is 1. The first-order chi connectivity index (χ1) is 24.8. The van der Waals surface area contributed by atoms with Crippen LogP contribution in [0.2, 0.25) is 5.02 Å². The number of halogens is 1. The number of benzene rings is 1. The molecule has 1 aromatic carbocycles. The topological polar surface area (TPSA) is 180 Å². The molecule has 4 amide bonds. The lowest BCUT2D eigenvalue weighted by Crippen LogP contribution is -2.57. The minimum absolute atomic E-state index is 0.0579.